The van der Waals surface area contributed by atoms with Crippen molar-refractivity contribution in [1.82, 2.24) is 4.90 Å². The van der Waals surface area contributed by atoms with Crippen molar-refractivity contribution in [3.63, 3.8) is 0 Å². The Morgan fingerprint density at radius 2 is 1.93 bits per heavy atom. The van der Waals surface area contributed by atoms with E-state index in [-0.39, 0.29) is 5.91 Å². The summed E-state index contributed by atoms with van der Waals surface area (Å²) in [5.74, 6) is 0.407. The molecule has 0 aliphatic carbocycles. The van der Waals surface area contributed by atoms with Crippen molar-refractivity contribution in [3.05, 3.63) is 58.3 Å². The van der Waals surface area contributed by atoms with E-state index in [9.17, 15) is 4.79 Å². The molecule has 2 heterocycles. The molecule has 2 aromatic rings. The molecule has 3 rings (SSSR count). The molecule has 0 bridgehead atoms. The van der Waals surface area contributed by atoms with Gasteiger partial charge in [-0.1, -0.05) is 36.4 Å². The van der Waals surface area contributed by atoms with Crippen LogP contribution in [0, 0.1) is 5.92 Å². The second-order valence-corrected chi connectivity index (χ2v) is 7.79. The molecule has 0 spiro atoms. The van der Waals surface area contributed by atoms with Gasteiger partial charge in [-0.05, 0) is 49.1 Å². The average molecular weight is 401 g/mol. The number of benzene rings is 1. The molecular weight excluding hydrogens is 372 g/mol. The summed E-state index contributed by atoms with van der Waals surface area (Å²) in [5.41, 5.74) is 1.38. The van der Waals surface area contributed by atoms with Crippen molar-refractivity contribution >= 4 is 23.3 Å². The Bertz CT molecular complexity index is 738. The highest BCUT2D eigenvalue weighted by Gasteiger charge is 2.24. The van der Waals surface area contributed by atoms with Crippen molar-refractivity contribution in [3.8, 4) is 0 Å². The van der Waals surface area contributed by atoms with E-state index in [2.05, 4.69) is 40.2 Å². The normalized spacial score (nSPS) is 15.6. The van der Waals surface area contributed by atoms with Crippen molar-refractivity contribution in [2.75, 3.05) is 32.9 Å². The lowest BCUT2D eigenvalue weighted by molar-refractivity contribution is 0.0892. The van der Waals surface area contributed by atoms with Crippen LogP contribution in [0.2, 0.25) is 0 Å². The fraction of sp³-hybridized carbons (Fsp3) is 0.455. The highest BCUT2D eigenvalue weighted by Crippen LogP contribution is 2.22. The fourth-order valence-corrected chi connectivity index (χ4v) is 3.96. The molecule has 5 nitrogen and oxygen atoms in total. The second-order valence-electron chi connectivity index (χ2n) is 6.84. The molecule has 0 atom stereocenters. The highest BCUT2D eigenvalue weighted by molar-refractivity contribution is 7.12. The first kappa shape index (κ1) is 20.6. The summed E-state index contributed by atoms with van der Waals surface area (Å²) in [6, 6.07) is 14.7. The van der Waals surface area contributed by atoms with E-state index in [0.717, 1.165) is 32.4 Å². The summed E-state index contributed by atoms with van der Waals surface area (Å²) in [6.45, 7) is 5.19. The average Bonchev–Trinajstić information content (AvgIpc) is 3.27. The quantitative estimate of drug-likeness (QED) is 0.396. The maximum atomic E-state index is 12.4. The largest absolute Gasteiger partial charge is 0.462 e. The molecule has 0 saturated carbocycles. The SMILES string of the molecule is CCOCCOC(=NC(=O)c1cccs1)N1CCC(Cc2ccccc2)CC1. The summed E-state index contributed by atoms with van der Waals surface area (Å²) in [6.07, 6.45) is 3.23. The first-order valence-electron chi connectivity index (χ1n) is 9.92. The molecule has 1 aliphatic heterocycles. The Balaban J connectivity index is 1.59. The molecule has 28 heavy (non-hydrogen) atoms. The van der Waals surface area contributed by atoms with Crippen LogP contribution in [0.3, 0.4) is 0 Å². The Kier molecular flexibility index (Phi) is 8.06. The number of thiophene rings is 1. The number of nitrogens with zero attached hydrogens (tertiary/aromatic N) is 2. The van der Waals surface area contributed by atoms with Crippen LogP contribution in [0.5, 0.6) is 0 Å². The summed E-state index contributed by atoms with van der Waals surface area (Å²) < 4.78 is 11.2. The molecule has 1 aromatic heterocycles. The number of likely N-dealkylation sites (tertiary alicyclic amines) is 1. The maximum Gasteiger partial charge on any atom is 0.295 e. The number of ether oxygens (including phenoxy) is 2. The number of piperidine rings is 1. The topological polar surface area (TPSA) is 51.1 Å². The molecule has 0 N–H and O–H groups in total. The van der Waals surface area contributed by atoms with Gasteiger partial charge < -0.3 is 14.4 Å². The number of amides is 1. The zero-order chi connectivity index (χ0) is 19.6. The molecule has 1 aromatic carbocycles. The van der Waals surface area contributed by atoms with E-state index in [0.29, 0.717) is 36.6 Å². The minimum atomic E-state index is -0.243. The minimum absolute atomic E-state index is 0.243. The monoisotopic (exact) mass is 400 g/mol. The number of hydrogen-bond acceptors (Lipinski definition) is 4. The highest BCUT2D eigenvalue weighted by atomic mass is 32.1. The van der Waals surface area contributed by atoms with Gasteiger partial charge in [-0.2, -0.15) is 4.99 Å². The number of amidine groups is 1. The third-order valence-corrected chi connectivity index (χ3v) is 5.70. The van der Waals surface area contributed by atoms with Crippen LogP contribution in [0.4, 0.5) is 0 Å². The fourth-order valence-electron chi connectivity index (χ4n) is 3.35. The number of hydrogen-bond donors (Lipinski definition) is 0. The van der Waals surface area contributed by atoms with Crippen molar-refractivity contribution in [2.45, 2.75) is 26.2 Å². The number of carbonyl (C=O) groups excluding carboxylic acids is 1. The Hall–Kier alpha value is -2.18. The Morgan fingerprint density at radius 1 is 1.14 bits per heavy atom. The molecule has 1 saturated heterocycles. The van der Waals surface area contributed by atoms with Crippen LogP contribution in [-0.4, -0.2) is 49.7 Å². The van der Waals surface area contributed by atoms with Gasteiger partial charge in [-0.25, -0.2) is 0 Å². The predicted molar refractivity (Wildman–Crippen MR) is 113 cm³/mol. The van der Waals surface area contributed by atoms with Crippen LogP contribution >= 0.6 is 11.3 Å². The maximum absolute atomic E-state index is 12.4. The van der Waals surface area contributed by atoms with Gasteiger partial charge in [-0.15, -0.1) is 11.3 Å². The van der Waals surface area contributed by atoms with Crippen LogP contribution < -0.4 is 0 Å². The molecule has 1 amide bonds. The van der Waals surface area contributed by atoms with Gasteiger partial charge in [0, 0.05) is 19.7 Å². The Morgan fingerprint density at radius 3 is 2.61 bits per heavy atom. The first-order chi connectivity index (χ1) is 13.8. The van der Waals surface area contributed by atoms with E-state index in [1.165, 1.54) is 16.9 Å². The lowest BCUT2D eigenvalue weighted by atomic mass is 9.90. The van der Waals surface area contributed by atoms with E-state index in [4.69, 9.17) is 9.47 Å². The predicted octanol–water partition coefficient (Wildman–Crippen LogP) is 4.25. The van der Waals surface area contributed by atoms with Gasteiger partial charge in [0.1, 0.15) is 6.61 Å². The summed E-state index contributed by atoms with van der Waals surface area (Å²) in [5, 5.41) is 1.88. The van der Waals surface area contributed by atoms with Crippen molar-refractivity contribution in [1.29, 1.82) is 0 Å². The van der Waals surface area contributed by atoms with E-state index < -0.39 is 0 Å². The van der Waals surface area contributed by atoms with Crippen LogP contribution in [-0.2, 0) is 15.9 Å². The van der Waals surface area contributed by atoms with E-state index >= 15 is 0 Å². The van der Waals surface area contributed by atoms with Gasteiger partial charge >= 0.3 is 0 Å². The molecule has 1 fully saturated rings. The summed E-state index contributed by atoms with van der Waals surface area (Å²) in [7, 11) is 0. The lowest BCUT2D eigenvalue weighted by Crippen LogP contribution is -2.41. The molecule has 150 valence electrons. The number of rotatable bonds is 7. The third-order valence-electron chi connectivity index (χ3n) is 4.84. The zero-order valence-corrected chi connectivity index (χ0v) is 17.2. The lowest BCUT2D eigenvalue weighted by Gasteiger charge is -2.33. The van der Waals surface area contributed by atoms with Gasteiger partial charge in [-0.3, -0.25) is 4.79 Å². The van der Waals surface area contributed by atoms with Crippen molar-refractivity contribution < 1.29 is 14.3 Å². The van der Waals surface area contributed by atoms with Crippen molar-refractivity contribution in [2.24, 2.45) is 10.9 Å². The van der Waals surface area contributed by atoms with Gasteiger partial charge in [0.2, 0.25) is 0 Å². The van der Waals surface area contributed by atoms with Crippen LogP contribution in [0.1, 0.15) is 35.0 Å². The third kappa shape index (κ3) is 6.17. The van der Waals surface area contributed by atoms with Gasteiger partial charge in [0.15, 0.2) is 0 Å². The smallest absolute Gasteiger partial charge is 0.295 e. The molecule has 1 aliphatic rings. The van der Waals surface area contributed by atoms with Gasteiger partial charge in [0.25, 0.3) is 11.9 Å². The first-order valence-corrected chi connectivity index (χ1v) is 10.8. The molecule has 0 radical (unpaired) electrons. The Labute approximate surface area is 171 Å². The number of carbonyl (C=O) groups is 1. The van der Waals surface area contributed by atoms with Crippen LogP contribution in [0.25, 0.3) is 0 Å². The van der Waals surface area contributed by atoms with Gasteiger partial charge in [0.05, 0.1) is 11.5 Å². The summed E-state index contributed by atoms with van der Waals surface area (Å²) >= 11 is 1.40. The molecule has 6 heteroatoms. The molecular formula is C22H28N2O3S. The van der Waals surface area contributed by atoms with E-state index in [1.54, 1.807) is 6.07 Å². The molecule has 0 unspecified atom stereocenters. The summed E-state index contributed by atoms with van der Waals surface area (Å²) in [4.78, 5) is 19.4. The number of aliphatic imine (C=N–C) groups is 1. The van der Waals surface area contributed by atoms with E-state index in [1.807, 2.05) is 18.4 Å². The minimum Gasteiger partial charge on any atom is -0.462 e. The standard InChI is InChI=1S/C22H28N2O3S/c1-2-26-14-15-27-22(23-21(25)20-9-6-16-28-20)24-12-10-19(11-13-24)17-18-7-4-3-5-8-18/h3-9,16,19H,2,10-15,17H2,1H3. The zero-order valence-electron chi connectivity index (χ0n) is 16.4. The van der Waals surface area contributed by atoms with Crippen LogP contribution in [0.15, 0.2) is 52.8 Å². The second kappa shape index (κ2) is 11.0.